The molecule has 170 valence electrons. The molecule has 32 heavy (non-hydrogen) atoms. The number of hydrogen-bond acceptors (Lipinski definition) is 4. The van der Waals surface area contributed by atoms with Crippen molar-refractivity contribution in [1.29, 1.82) is 0 Å². The third-order valence-corrected chi connectivity index (χ3v) is 7.05. The van der Waals surface area contributed by atoms with Gasteiger partial charge in [-0.3, -0.25) is 9.59 Å². The number of rotatable bonds is 4. The number of piperidine rings is 1. The van der Waals surface area contributed by atoms with Gasteiger partial charge in [-0.2, -0.15) is 0 Å². The van der Waals surface area contributed by atoms with E-state index in [9.17, 15) is 19.1 Å². The number of benzene rings is 2. The summed E-state index contributed by atoms with van der Waals surface area (Å²) in [7, 11) is 0. The van der Waals surface area contributed by atoms with E-state index in [0.29, 0.717) is 38.0 Å². The molecule has 4 rings (SSSR count). The molecule has 0 aromatic heterocycles. The average Bonchev–Trinajstić information content (AvgIpc) is 3.05. The highest BCUT2D eigenvalue weighted by Gasteiger charge is 2.62. The van der Waals surface area contributed by atoms with Crippen LogP contribution in [0.1, 0.15) is 25.3 Å². The highest BCUT2D eigenvalue weighted by Crippen LogP contribution is 2.48. The summed E-state index contributed by atoms with van der Waals surface area (Å²) in [6, 6.07) is 13.8. The van der Waals surface area contributed by atoms with Gasteiger partial charge in [0.2, 0.25) is 5.91 Å². The Labute approximate surface area is 192 Å². The second-order valence-electron chi connectivity index (χ2n) is 8.80. The highest BCUT2D eigenvalue weighted by molar-refractivity contribution is 6.30. The van der Waals surface area contributed by atoms with Gasteiger partial charge in [0.15, 0.2) is 5.60 Å². The number of nitrogens with zero attached hydrogens (tertiary/aromatic N) is 2. The fourth-order valence-electron chi connectivity index (χ4n) is 4.99. The summed E-state index contributed by atoms with van der Waals surface area (Å²) in [6.07, 6.45) is 1.04. The Morgan fingerprint density at radius 2 is 1.81 bits per heavy atom. The van der Waals surface area contributed by atoms with Gasteiger partial charge in [-0.15, -0.1) is 0 Å². The molecule has 1 atom stereocenters. The van der Waals surface area contributed by atoms with E-state index < -0.39 is 22.7 Å². The van der Waals surface area contributed by atoms with E-state index in [-0.39, 0.29) is 24.0 Å². The van der Waals surface area contributed by atoms with Crippen molar-refractivity contribution in [1.82, 2.24) is 10.2 Å². The Bertz CT molecular complexity index is 991. The van der Waals surface area contributed by atoms with E-state index in [4.69, 9.17) is 11.6 Å². The third kappa shape index (κ3) is 4.19. The lowest BCUT2D eigenvalue weighted by Gasteiger charge is -2.45. The van der Waals surface area contributed by atoms with Crippen LogP contribution in [0.25, 0.3) is 0 Å². The highest BCUT2D eigenvalue weighted by atomic mass is 35.5. The third-order valence-electron chi connectivity index (χ3n) is 6.83. The summed E-state index contributed by atoms with van der Waals surface area (Å²) >= 11 is 5.92. The zero-order valence-corrected chi connectivity index (χ0v) is 18.7. The van der Waals surface area contributed by atoms with Crippen molar-refractivity contribution in [2.75, 3.05) is 31.1 Å². The van der Waals surface area contributed by atoms with Crippen LogP contribution in [0.3, 0.4) is 0 Å². The number of nitrogens with one attached hydrogen (secondary N) is 1. The van der Waals surface area contributed by atoms with Crippen molar-refractivity contribution >= 4 is 29.1 Å². The quantitative estimate of drug-likeness (QED) is 0.737. The van der Waals surface area contributed by atoms with E-state index >= 15 is 0 Å². The van der Waals surface area contributed by atoms with Gasteiger partial charge in [-0.25, -0.2) is 4.39 Å². The molecule has 2 aliphatic rings. The van der Waals surface area contributed by atoms with E-state index in [2.05, 4.69) is 5.32 Å². The number of likely N-dealkylation sites (tertiary alicyclic amines) is 1. The molecular weight excluding hydrogens is 433 g/mol. The van der Waals surface area contributed by atoms with Gasteiger partial charge in [0, 0.05) is 49.2 Å². The summed E-state index contributed by atoms with van der Waals surface area (Å²) in [5.74, 6) is -0.981. The number of β-amino-alcohol motifs (C(OH)–C–C–N with tert-alkyl or cyclic N) is 1. The molecule has 2 fully saturated rings. The molecule has 8 heteroatoms. The van der Waals surface area contributed by atoms with Crippen molar-refractivity contribution < 1.29 is 19.1 Å². The van der Waals surface area contributed by atoms with Crippen LogP contribution in [0.4, 0.5) is 10.1 Å². The smallest absolute Gasteiger partial charge is 0.254 e. The molecule has 1 spiro atoms. The molecule has 2 aromatic carbocycles. The molecule has 2 saturated heterocycles. The first-order chi connectivity index (χ1) is 15.2. The molecular formula is C24H27ClFN3O3. The van der Waals surface area contributed by atoms with Gasteiger partial charge in [0.05, 0.1) is 6.54 Å². The minimum absolute atomic E-state index is 0.00580. The number of halogens is 2. The average molecular weight is 460 g/mol. The van der Waals surface area contributed by atoms with Crippen LogP contribution in [0, 0.1) is 11.2 Å². The summed E-state index contributed by atoms with van der Waals surface area (Å²) in [5.41, 5.74) is -0.895. The maximum absolute atomic E-state index is 13.7. The van der Waals surface area contributed by atoms with Crippen molar-refractivity contribution in [2.45, 2.75) is 31.9 Å². The van der Waals surface area contributed by atoms with Gasteiger partial charge in [0.1, 0.15) is 5.82 Å². The minimum atomic E-state index is -1.65. The predicted octanol–water partition coefficient (Wildman–Crippen LogP) is 2.98. The van der Waals surface area contributed by atoms with Crippen LogP contribution < -0.4 is 10.2 Å². The van der Waals surface area contributed by atoms with Crippen molar-refractivity contribution in [3.05, 3.63) is 64.9 Å². The lowest BCUT2D eigenvalue weighted by Crippen LogP contribution is -2.61. The van der Waals surface area contributed by atoms with Crippen LogP contribution in [0.5, 0.6) is 0 Å². The first kappa shape index (κ1) is 22.6. The van der Waals surface area contributed by atoms with Gasteiger partial charge in [-0.05, 0) is 48.7 Å². The summed E-state index contributed by atoms with van der Waals surface area (Å²) < 4.78 is 13.7. The van der Waals surface area contributed by atoms with Crippen LogP contribution in [0.2, 0.25) is 5.02 Å². The van der Waals surface area contributed by atoms with Crippen molar-refractivity contribution in [3.8, 4) is 0 Å². The zero-order valence-electron chi connectivity index (χ0n) is 18.0. The lowest BCUT2D eigenvalue weighted by atomic mass is 9.67. The Kier molecular flexibility index (Phi) is 6.14. The molecule has 2 N–H and O–H groups in total. The Hall–Kier alpha value is -2.64. The van der Waals surface area contributed by atoms with Gasteiger partial charge in [0.25, 0.3) is 5.91 Å². The molecule has 2 amide bonds. The standard InChI is InChI=1S/C24H27ClFN3O3/c1-17(30)28-9-7-23(8-10-28)15-29(21-5-3-2-4-6-21)16-24(23,32)22(31)27-14-18-11-19(25)13-20(26)12-18/h2-6,11-13,32H,7-10,14-16H2,1H3,(H,27,31)/t24-/m1/s1. The number of hydrogen-bond donors (Lipinski definition) is 2. The van der Waals surface area contributed by atoms with Gasteiger partial charge >= 0.3 is 0 Å². The minimum Gasteiger partial charge on any atom is -0.378 e. The Balaban J connectivity index is 1.58. The lowest BCUT2D eigenvalue weighted by molar-refractivity contribution is -0.155. The topological polar surface area (TPSA) is 72.9 Å². The van der Waals surface area contributed by atoms with E-state index in [1.54, 1.807) is 11.0 Å². The SMILES string of the molecule is CC(=O)N1CCC2(CC1)CN(c1ccccc1)C[C@@]2(O)C(=O)NCc1cc(F)cc(Cl)c1. The number of carbonyl (C=O) groups excluding carboxylic acids is 2. The normalized spacial score (nSPS) is 22.2. The monoisotopic (exact) mass is 459 g/mol. The maximum atomic E-state index is 13.7. The summed E-state index contributed by atoms with van der Waals surface area (Å²) in [4.78, 5) is 29.0. The van der Waals surface area contributed by atoms with E-state index in [0.717, 1.165) is 5.69 Å². The largest absolute Gasteiger partial charge is 0.378 e. The van der Waals surface area contributed by atoms with Crippen LogP contribution in [-0.4, -0.2) is 53.6 Å². The summed E-state index contributed by atoms with van der Waals surface area (Å²) in [6.45, 7) is 3.23. The zero-order chi connectivity index (χ0) is 22.9. The Morgan fingerprint density at radius 3 is 2.44 bits per heavy atom. The van der Waals surface area contributed by atoms with E-state index in [1.807, 2.05) is 35.2 Å². The molecule has 2 heterocycles. The molecule has 0 saturated carbocycles. The van der Waals surface area contributed by atoms with Crippen LogP contribution in [-0.2, 0) is 16.1 Å². The predicted molar refractivity (Wildman–Crippen MR) is 121 cm³/mol. The number of amides is 2. The first-order valence-electron chi connectivity index (χ1n) is 10.7. The molecule has 0 unspecified atom stereocenters. The van der Waals surface area contributed by atoms with Gasteiger partial charge < -0.3 is 20.2 Å². The number of carbonyl (C=O) groups is 2. The first-order valence-corrected chi connectivity index (χ1v) is 11.1. The number of aliphatic hydroxyl groups is 1. The molecule has 0 bridgehead atoms. The molecule has 2 aromatic rings. The fourth-order valence-corrected chi connectivity index (χ4v) is 5.24. The van der Waals surface area contributed by atoms with Crippen LogP contribution >= 0.6 is 11.6 Å². The molecule has 0 aliphatic carbocycles. The maximum Gasteiger partial charge on any atom is 0.254 e. The Morgan fingerprint density at radius 1 is 1.12 bits per heavy atom. The molecule has 2 aliphatic heterocycles. The summed E-state index contributed by atoms with van der Waals surface area (Å²) in [5, 5.41) is 14.9. The van der Waals surface area contributed by atoms with Crippen molar-refractivity contribution in [3.63, 3.8) is 0 Å². The fraction of sp³-hybridized carbons (Fsp3) is 0.417. The second-order valence-corrected chi connectivity index (χ2v) is 9.24. The van der Waals surface area contributed by atoms with Gasteiger partial charge in [-0.1, -0.05) is 29.8 Å². The van der Waals surface area contributed by atoms with E-state index in [1.165, 1.54) is 19.1 Å². The molecule has 6 nitrogen and oxygen atoms in total. The second kappa shape index (κ2) is 8.71. The molecule has 0 radical (unpaired) electrons. The number of anilines is 1. The number of para-hydroxylation sites is 1. The van der Waals surface area contributed by atoms with Crippen LogP contribution in [0.15, 0.2) is 48.5 Å². The van der Waals surface area contributed by atoms with Crippen molar-refractivity contribution in [2.24, 2.45) is 5.41 Å².